The Morgan fingerprint density at radius 3 is 2.18 bits per heavy atom. The third kappa shape index (κ3) is 13.3. The molecule has 2 unspecified atom stereocenters. The van der Waals surface area contributed by atoms with Crippen LogP contribution in [0.15, 0.2) is 24.3 Å². The van der Waals surface area contributed by atoms with Crippen molar-refractivity contribution < 1.29 is 85.9 Å². The fourth-order valence-corrected chi connectivity index (χ4v) is 11.5. The highest BCUT2D eigenvalue weighted by molar-refractivity contribution is 6.04. The number of methoxy groups -OCH3 is 2. The summed E-state index contributed by atoms with van der Waals surface area (Å²) in [6.07, 6.45) is -15.3. The maximum atomic E-state index is 14.4. The van der Waals surface area contributed by atoms with E-state index in [1.807, 2.05) is 11.8 Å². The maximum absolute atomic E-state index is 14.4. The number of cyclic esters (lactones) is 1. The third-order valence-corrected chi connectivity index (χ3v) is 16.2. The number of hydrogen-bond acceptors (Lipinski definition) is 16. The second-order valence-corrected chi connectivity index (χ2v) is 21.6. The fourth-order valence-electron chi connectivity index (χ4n) is 11.5. The number of esters is 1. The summed E-state index contributed by atoms with van der Waals surface area (Å²) in [5.74, 6) is -7.96. The van der Waals surface area contributed by atoms with Crippen LogP contribution in [-0.2, 0) is 58.8 Å². The number of aliphatic hydroxyl groups is 4. The normalized spacial score (nSPS) is 40.4. The zero-order valence-electron chi connectivity index (χ0n) is 44.7. The van der Waals surface area contributed by atoms with E-state index in [9.17, 15) is 52.8 Å². The van der Waals surface area contributed by atoms with E-state index in [0.29, 0.717) is 36.3 Å². The van der Waals surface area contributed by atoms with Crippen LogP contribution in [0, 0.1) is 23.7 Å². The third-order valence-electron chi connectivity index (χ3n) is 16.2. The number of para-hydroxylation sites is 1. The number of nitrogens with one attached hydrogen (secondary N) is 1. The summed E-state index contributed by atoms with van der Waals surface area (Å²) in [5.41, 5.74) is -4.01. The summed E-state index contributed by atoms with van der Waals surface area (Å²) in [6.45, 7) is 16.8. The molecule has 3 fully saturated rings. The standard InChI is InChI=1S/C52H82F3N3O15/c1-14-37-51(10,66)42(61)29(4)39(59)27(2)25-50(9,68-13)44(30(5)41(31(6)46(64)71-37)72-38-26-49(8,67-12)43(62)32(7)70-38)73-47-40(60)36(24-28(3)69-47)57(11)23-17-22-56-45(63)35-21-20-33-18-15-16-19-34(33)58(35)48(65)52(53,54)55/h15-16,18-19,27-32,35-38,40-44,47,60-62,66H,14,17,20-26H2,1-13H3,(H,56,63)/t27-,28-,29+,30+,31-,32+,35+,36+,37-,38?,40-,41+,42-,43+,44-,47?,49-,50-,51-/m1/s1. The summed E-state index contributed by atoms with van der Waals surface area (Å²) in [4.78, 5) is 57.2. The van der Waals surface area contributed by atoms with Crippen LogP contribution in [0.2, 0.25) is 0 Å². The highest BCUT2D eigenvalue weighted by Gasteiger charge is 2.55. The molecule has 0 bridgehead atoms. The number of amides is 2. The molecule has 0 aliphatic carbocycles. The number of anilines is 1. The zero-order chi connectivity index (χ0) is 54.7. The van der Waals surface area contributed by atoms with Gasteiger partial charge in [0.2, 0.25) is 5.91 Å². The van der Waals surface area contributed by atoms with Crippen LogP contribution in [0.25, 0.3) is 0 Å². The van der Waals surface area contributed by atoms with Crippen molar-refractivity contribution in [3.63, 3.8) is 0 Å². The van der Waals surface area contributed by atoms with Crippen LogP contribution in [0.3, 0.4) is 0 Å². The van der Waals surface area contributed by atoms with Crippen LogP contribution in [-0.4, -0.2) is 180 Å². The summed E-state index contributed by atoms with van der Waals surface area (Å²) >= 11 is 0. The van der Waals surface area contributed by atoms with Gasteiger partial charge in [0.25, 0.3) is 0 Å². The maximum Gasteiger partial charge on any atom is 0.471 e. The van der Waals surface area contributed by atoms with Crippen molar-refractivity contribution in [3.8, 4) is 0 Å². The number of likely N-dealkylation sites (N-methyl/N-ethyl adjacent to an activating group) is 1. The number of aliphatic hydroxyl groups excluding tert-OH is 3. The molecule has 73 heavy (non-hydrogen) atoms. The molecule has 5 rings (SSSR count). The lowest BCUT2D eigenvalue weighted by Gasteiger charge is -2.50. The number of ketones is 1. The van der Waals surface area contributed by atoms with E-state index in [4.69, 9.17) is 33.2 Å². The molecule has 1 aromatic rings. The molecule has 0 saturated carbocycles. The van der Waals surface area contributed by atoms with Crippen LogP contribution < -0.4 is 10.2 Å². The first-order chi connectivity index (χ1) is 34.0. The van der Waals surface area contributed by atoms with E-state index in [1.54, 1.807) is 67.6 Å². The summed E-state index contributed by atoms with van der Waals surface area (Å²) in [7, 11) is 4.68. The number of hydrogen-bond donors (Lipinski definition) is 5. The minimum Gasteiger partial charge on any atom is -0.459 e. The minimum atomic E-state index is -5.20. The van der Waals surface area contributed by atoms with Gasteiger partial charge in [0.05, 0.1) is 47.6 Å². The highest BCUT2D eigenvalue weighted by Crippen LogP contribution is 2.42. The SMILES string of the molecule is CC[C@H]1OC(=O)[C@H](C)[C@@H](OC2C[C@@](C)(OC)[C@@H](O)[C@H](C)O2)[C@H](C)[C@@H](OC2O[C@H](C)C[C@H](N(C)CCCNC(=O)[C@@H]3CCc4ccccc4N3C(=O)C(F)(F)F)[C@H]2O)[C@](C)(OC)C[C@@H](C)C(=O)[C@H](C)[C@@H](O)[C@]1(C)O. The van der Waals surface area contributed by atoms with Crippen molar-refractivity contribution in [2.45, 2.75) is 211 Å². The smallest absolute Gasteiger partial charge is 0.459 e. The van der Waals surface area contributed by atoms with Crippen molar-refractivity contribution >= 4 is 29.3 Å². The molecule has 3 saturated heterocycles. The van der Waals surface area contributed by atoms with Gasteiger partial charge in [-0.25, -0.2) is 0 Å². The Hall–Kier alpha value is -3.35. The fraction of sp³-hybridized carbons (Fsp3) is 0.808. The van der Waals surface area contributed by atoms with Gasteiger partial charge in [0, 0.05) is 56.7 Å². The molecule has 21 heteroatoms. The first-order valence-electron chi connectivity index (χ1n) is 25.7. The first kappa shape index (κ1) is 60.5. The number of benzene rings is 1. The molecule has 4 aliphatic heterocycles. The molecule has 416 valence electrons. The van der Waals surface area contributed by atoms with Crippen molar-refractivity contribution in [2.75, 3.05) is 39.3 Å². The topological polar surface area (TPSA) is 232 Å². The monoisotopic (exact) mass is 1050 g/mol. The second kappa shape index (κ2) is 24.3. The summed E-state index contributed by atoms with van der Waals surface area (Å²) in [5, 5.41) is 49.4. The Labute approximate surface area is 427 Å². The Morgan fingerprint density at radius 1 is 0.918 bits per heavy atom. The largest absolute Gasteiger partial charge is 0.471 e. The van der Waals surface area contributed by atoms with E-state index < -0.39 is 144 Å². The van der Waals surface area contributed by atoms with Crippen molar-refractivity contribution in [3.05, 3.63) is 29.8 Å². The average molecular weight is 1050 g/mol. The molecule has 0 spiro atoms. The molecule has 2 amide bonds. The van der Waals surface area contributed by atoms with E-state index in [0.717, 1.165) is 0 Å². The predicted octanol–water partition coefficient (Wildman–Crippen LogP) is 4.23. The molecular weight excluding hydrogens is 964 g/mol. The molecule has 18 nitrogen and oxygen atoms in total. The van der Waals surface area contributed by atoms with Gasteiger partial charge in [-0.15, -0.1) is 0 Å². The van der Waals surface area contributed by atoms with E-state index in [-0.39, 0.29) is 37.9 Å². The molecule has 4 aliphatic rings. The highest BCUT2D eigenvalue weighted by atomic mass is 19.4. The number of carbonyl (C=O) groups excluding carboxylic acids is 4. The number of alkyl halides is 3. The van der Waals surface area contributed by atoms with E-state index in [2.05, 4.69) is 5.32 Å². The molecule has 1 aromatic carbocycles. The molecule has 0 aromatic heterocycles. The Morgan fingerprint density at radius 2 is 1.56 bits per heavy atom. The number of carbonyl (C=O) groups is 4. The van der Waals surface area contributed by atoms with Crippen molar-refractivity contribution in [1.82, 2.24) is 10.2 Å². The molecule has 5 N–H and O–H groups in total. The average Bonchev–Trinajstić information content (AvgIpc) is 3.34. The number of nitrogens with zero attached hydrogens (tertiary/aromatic N) is 2. The van der Waals surface area contributed by atoms with Gasteiger partial charge < -0.3 is 63.8 Å². The lowest BCUT2D eigenvalue weighted by Crippen LogP contribution is -2.61. The quantitative estimate of drug-likeness (QED) is 0.138. The Bertz CT molecular complexity index is 2050. The summed E-state index contributed by atoms with van der Waals surface area (Å²) in [6, 6.07) is 4.23. The number of Topliss-reactive ketones (excluding diaryl/α,β-unsaturated/α-hetero) is 1. The molecule has 19 atom stereocenters. The number of rotatable bonds is 13. The van der Waals surface area contributed by atoms with Gasteiger partial charge in [-0.05, 0) is 105 Å². The van der Waals surface area contributed by atoms with Crippen LogP contribution in [0.1, 0.15) is 113 Å². The lowest BCUT2D eigenvalue weighted by atomic mass is 9.74. The molecule has 0 radical (unpaired) electrons. The van der Waals surface area contributed by atoms with Gasteiger partial charge in [0.15, 0.2) is 12.6 Å². The van der Waals surface area contributed by atoms with Crippen molar-refractivity contribution in [2.24, 2.45) is 23.7 Å². The Balaban J connectivity index is 1.43. The van der Waals surface area contributed by atoms with Gasteiger partial charge >= 0.3 is 18.1 Å². The molecule has 4 heterocycles. The van der Waals surface area contributed by atoms with Crippen molar-refractivity contribution in [1.29, 1.82) is 0 Å². The van der Waals surface area contributed by atoms with Gasteiger partial charge in [-0.1, -0.05) is 45.9 Å². The molecular formula is C52H82F3N3O15. The van der Waals surface area contributed by atoms with Gasteiger partial charge in [-0.2, -0.15) is 13.2 Å². The van der Waals surface area contributed by atoms with E-state index >= 15 is 0 Å². The number of ether oxygens (including phenoxy) is 7. The second-order valence-electron chi connectivity index (χ2n) is 21.6. The zero-order valence-corrected chi connectivity index (χ0v) is 44.7. The lowest BCUT2D eigenvalue weighted by molar-refractivity contribution is -0.319. The predicted molar refractivity (Wildman–Crippen MR) is 260 cm³/mol. The minimum absolute atomic E-state index is 0.000651. The van der Waals surface area contributed by atoms with Gasteiger partial charge in [-0.3, -0.25) is 24.1 Å². The Kier molecular flexibility index (Phi) is 20.2. The number of halogens is 3. The van der Waals surface area contributed by atoms with Gasteiger partial charge in [0.1, 0.15) is 35.7 Å². The van der Waals surface area contributed by atoms with Crippen LogP contribution in [0.5, 0.6) is 0 Å². The van der Waals surface area contributed by atoms with Crippen LogP contribution >= 0.6 is 0 Å². The summed E-state index contributed by atoms with van der Waals surface area (Å²) < 4.78 is 85.8. The first-order valence-corrected chi connectivity index (χ1v) is 25.7. The number of aryl methyl sites for hydroxylation is 1. The van der Waals surface area contributed by atoms with Crippen LogP contribution in [0.4, 0.5) is 18.9 Å². The van der Waals surface area contributed by atoms with E-state index in [1.165, 1.54) is 40.2 Å². The number of fused-ring (bicyclic) bond motifs is 1.